The number of hydrogen-bond donors (Lipinski definition) is 2. The largest absolute Gasteiger partial charge is 0.398 e. The minimum atomic E-state index is -0.700. The molecule has 2 aromatic rings. The molecular formula is C10H8N4O4. The van der Waals surface area contributed by atoms with Gasteiger partial charge in [-0.05, 0) is 12.1 Å². The van der Waals surface area contributed by atoms with Gasteiger partial charge in [0.2, 0.25) is 0 Å². The quantitative estimate of drug-likeness (QED) is 0.472. The number of nitro benzene ring substituents is 2. The molecule has 0 amide bonds. The maximum atomic E-state index is 10.9. The van der Waals surface area contributed by atoms with E-state index in [-0.39, 0.29) is 22.1 Å². The summed E-state index contributed by atoms with van der Waals surface area (Å²) in [5.41, 5.74) is 10.9. The van der Waals surface area contributed by atoms with Crippen LogP contribution in [0, 0.1) is 20.2 Å². The summed E-state index contributed by atoms with van der Waals surface area (Å²) in [6, 6.07) is 4.87. The molecule has 0 fully saturated rings. The first-order valence-electron chi connectivity index (χ1n) is 4.83. The Balaban J connectivity index is 3.06. The Morgan fingerprint density at radius 1 is 0.778 bits per heavy atom. The Morgan fingerprint density at radius 2 is 1.17 bits per heavy atom. The van der Waals surface area contributed by atoms with E-state index in [1.165, 1.54) is 12.1 Å². The van der Waals surface area contributed by atoms with Crippen molar-refractivity contribution in [2.24, 2.45) is 0 Å². The van der Waals surface area contributed by atoms with Gasteiger partial charge in [0.1, 0.15) is 5.39 Å². The van der Waals surface area contributed by atoms with Gasteiger partial charge in [0, 0.05) is 28.9 Å². The van der Waals surface area contributed by atoms with Crippen molar-refractivity contribution in [3.05, 3.63) is 44.5 Å². The highest BCUT2D eigenvalue weighted by Crippen LogP contribution is 2.39. The smallest absolute Gasteiger partial charge is 0.284 e. The zero-order valence-electron chi connectivity index (χ0n) is 8.99. The van der Waals surface area contributed by atoms with Crippen molar-refractivity contribution in [1.82, 2.24) is 0 Å². The lowest BCUT2D eigenvalue weighted by Gasteiger charge is -2.06. The topological polar surface area (TPSA) is 138 Å². The van der Waals surface area contributed by atoms with Crippen molar-refractivity contribution < 1.29 is 9.85 Å². The Morgan fingerprint density at radius 3 is 1.50 bits per heavy atom. The Kier molecular flexibility index (Phi) is 2.47. The average molecular weight is 248 g/mol. The number of nitrogens with two attached hydrogens (primary N) is 2. The third-order valence-corrected chi connectivity index (χ3v) is 2.57. The van der Waals surface area contributed by atoms with E-state index in [9.17, 15) is 20.2 Å². The van der Waals surface area contributed by atoms with Gasteiger partial charge in [-0.25, -0.2) is 0 Å². The molecule has 2 aromatic carbocycles. The number of hydrogen-bond acceptors (Lipinski definition) is 6. The molecule has 0 bridgehead atoms. The Hall–Kier alpha value is -2.90. The second kappa shape index (κ2) is 3.84. The Labute approximate surface area is 100 Å². The SMILES string of the molecule is Nc1ccc([N+](=O)[O-])c2c([N+](=O)[O-])ccc(N)c12. The van der Waals surface area contributed by atoms with Crippen molar-refractivity contribution in [3.63, 3.8) is 0 Å². The van der Waals surface area contributed by atoms with Gasteiger partial charge in [-0.3, -0.25) is 20.2 Å². The molecule has 2 rings (SSSR count). The standard InChI is InChI=1S/C10H8N4O4/c11-5-1-3-7(13(15)16)10-8(14(17)18)4-2-6(12)9(5)10/h1-4H,11-12H2. The molecule has 0 unspecified atom stereocenters. The predicted molar refractivity (Wildman–Crippen MR) is 66.1 cm³/mol. The molecule has 0 aliphatic heterocycles. The number of benzene rings is 2. The molecule has 0 saturated carbocycles. The van der Waals surface area contributed by atoms with Gasteiger partial charge in [0.05, 0.1) is 9.85 Å². The molecule has 0 saturated heterocycles. The third-order valence-electron chi connectivity index (χ3n) is 2.57. The number of fused-ring (bicyclic) bond motifs is 1. The second-order valence-corrected chi connectivity index (χ2v) is 3.61. The highest BCUT2D eigenvalue weighted by molar-refractivity contribution is 6.10. The van der Waals surface area contributed by atoms with Crippen LogP contribution < -0.4 is 11.5 Å². The fraction of sp³-hybridized carbons (Fsp3) is 0. The number of rotatable bonds is 2. The number of non-ortho nitro benzene ring substituents is 2. The van der Waals surface area contributed by atoms with Gasteiger partial charge in [0.15, 0.2) is 0 Å². The monoisotopic (exact) mass is 248 g/mol. The van der Waals surface area contributed by atoms with E-state index in [2.05, 4.69) is 0 Å². The molecule has 0 aliphatic rings. The minimum Gasteiger partial charge on any atom is -0.398 e. The van der Waals surface area contributed by atoms with Gasteiger partial charge in [-0.1, -0.05) is 0 Å². The van der Waals surface area contributed by atoms with Crippen molar-refractivity contribution in [2.45, 2.75) is 0 Å². The van der Waals surface area contributed by atoms with Gasteiger partial charge in [0.25, 0.3) is 11.4 Å². The molecule has 0 heterocycles. The summed E-state index contributed by atoms with van der Waals surface area (Å²) in [7, 11) is 0. The highest BCUT2D eigenvalue weighted by Gasteiger charge is 2.24. The summed E-state index contributed by atoms with van der Waals surface area (Å²) in [5, 5.41) is 21.8. The molecular weight excluding hydrogens is 240 g/mol. The van der Waals surface area contributed by atoms with Gasteiger partial charge >= 0.3 is 0 Å². The molecule has 0 aromatic heterocycles. The van der Waals surface area contributed by atoms with E-state index < -0.39 is 21.2 Å². The first-order chi connectivity index (χ1) is 8.43. The molecule has 4 N–H and O–H groups in total. The second-order valence-electron chi connectivity index (χ2n) is 3.61. The van der Waals surface area contributed by atoms with Crippen LogP contribution in [0.2, 0.25) is 0 Å². The van der Waals surface area contributed by atoms with Crippen LogP contribution in [0.5, 0.6) is 0 Å². The fourth-order valence-corrected chi connectivity index (χ4v) is 1.82. The zero-order valence-corrected chi connectivity index (χ0v) is 8.99. The molecule has 8 nitrogen and oxygen atoms in total. The Bertz CT molecular complexity index is 628. The lowest BCUT2D eigenvalue weighted by molar-refractivity contribution is -0.390. The van der Waals surface area contributed by atoms with Gasteiger partial charge < -0.3 is 11.5 Å². The van der Waals surface area contributed by atoms with Gasteiger partial charge in [-0.15, -0.1) is 0 Å². The maximum absolute atomic E-state index is 10.9. The van der Waals surface area contributed by atoms with Gasteiger partial charge in [-0.2, -0.15) is 0 Å². The van der Waals surface area contributed by atoms with Crippen LogP contribution >= 0.6 is 0 Å². The van der Waals surface area contributed by atoms with E-state index in [1.807, 2.05) is 0 Å². The summed E-state index contributed by atoms with van der Waals surface area (Å²) in [4.78, 5) is 20.4. The predicted octanol–water partition coefficient (Wildman–Crippen LogP) is 1.82. The van der Waals surface area contributed by atoms with E-state index in [0.29, 0.717) is 0 Å². The summed E-state index contributed by atoms with van der Waals surface area (Å²) >= 11 is 0. The molecule has 18 heavy (non-hydrogen) atoms. The average Bonchev–Trinajstić information content (AvgIpc) is 2.28. The van der Waals surface area contributed by atoms with Crippen molar-refractivity contribution in [2.75, 3.05) is 11.5 Å². The molecule has 0 spiro atoms. The third kappa shape index (κ3) is 1.56. The number of nitrogens with zero attached hydrogens (tertiary/aromatic N) is 2. The normalized spacial score (nSPS) is 10.4. The molecule has 0 atom stereocenters. The summed E-state index contributed by atoms with van der Waals surface area (Å²) in [6.07, 6.45) is 0. The zero-order chi connectivity index (χ0) is 13.4. The highest BCUT2D eigenvalue weighted by atomic mass is 16.6. The van der Waals surface area contributed by atoms with Crippen LogP contribution in [0.3, 0.4) is 0 Å². The van der Waals surface area contributed by atoms with Crippen molar-refractivity contribution in [3.8, 4) is 0 Å². The maximum Gasteiger partial charge on any atom is 0.284 e. The van der Waals surface area contributed by atoms with E-state index in [0.717, 1.165) is 12.1 Å². The van der Waals surface area contributed by atoms with E-state index >= 15 is 0 Å². The number of nitro groups is 2. The van der Waals surface area contributed by atoms with Crippen LogP contribution in [-0.4, -0.2) is 9.85 Å². The first-order valence-corrected chi connectivity index (χ1v) is 4.83. The molecule has 8 heteroatoms. The van der Waals surface area contributed by atoms with E-state index in [1.54, 1.807) is 0 Å². The lowest BCUT2D eigenvalue weighted by atomic mass is 10.0. The summed E-state index contributed by atoms with van der Waals surface area (Å²) in [6.45, 7) is 0. The van der Waals surface area contributed by atoms with Crippen LogP contribution in [0.25, 0.3) is 10.8 Å². The number of anilines is 2. The van der Waals surface area contributed by atoms with Crippen LogP contribution in [0.4, 0.5) is 22.7 Å². The minimum absolute atomic E-state index is 0.137. The molecule has 0 aliphatic carbocycles. The van der Waals surface area contributed by atoms with E-state index in [4.69, 9.17) is 11.5 Å². The van der Waals surface area contributed by atoms with Crippen molar-refractivity contribution >= 4 is 33.5 Å². The fourth-order valence-electron chi connectivity index (χ4n) is 1.82. The van der Waals surface area contributed by atoms with Crippen LogP contribution in [0.15, 0.2) is 24.3 Å². The van der Waals surface area contributed by atoms with Crippen molar-refractivity contribution in [1.29, 1.82) is 0 Å². The van der Waals surface area contributed by atoms with Crippen LogP contribution in [0.1, 0.15) is 0 Å². The summed E-state index contributed by atoms with van der Waals surface area (Å²) in [5.74, 6) is 0. The molecule has 0 radical (unpaired) electrons. The summed E-state index contributed by atoms with van der Waals surface area (Å²) < 4.78 is 0. The number of nitrogen functional groups attached to an aromatic ring is 2. The lowest BCUT2D eigenvalue weighted by Crippen LogP contribution is -2.00. The first kappa shape index (κ1) is 11.6. The van der Waals surface area contributed by atoms with Crippen LogP contribution in [-0.2, 0) is 0 Å². The molecule has 92 valence electrons.